The number of hydrogen-bond donors (Lipinski definition) is 0. The summed E-state index contributed by atoms with van der Waals surface area (Å²) in [6, 6.07) is 18.6. The molecular formula is C27H27BrN4O2. The van der Waals surface area contributed by atoms with Gasteiger partial charge in [-0.05, 0) is 67.9 Å². The van der Waals surface area contributed by atoms with E-state index in [2.05, 4.69) is 61.0 Å². The molecule has 2 aromatic heterocycles. The van der Waals surface area contributed by atoms with Crippen molar-refractivity contribution in [3.05, 3.63) is 64.8 Å². The molecule has 6 rings (SSSR count). The van der Waals surface area contributed by atoms with Crippen molar-refractivity contribution < 1.29 is 9.47 Å². The number of nitrogens with zero attached hydrogens (tertiary/aromatic N) is 4. The Morgan fingerprint density at radius 3 is 2.79 bits per heavy atom. The van der Waals surface area contributed by atoms with Crippen LogP contribution in [0.3, 0.4) is 0 Å². The van der Waals surface area contributed by atoms with Crippen molar-refractivity contribution in [1.29, 1.82) is 0 Å². The van der Waals surface area contributed by atoms with E-state index in [4.69, 9.17) is 14.5 Å². The number of pyridine rings is 2. The van der Waals surface area contributed by atoms with Crippen molar-refractivity contribution in [3.8, 4) is 11.5 Å². The number of aryl methyl sites for hydroxylation is 1. The number of anilines is 1. The molecule has 0 saturated carbocycles. The van der Waals surface area contributed by atoms with Crippen molar-refractivity contribution >= 4 is 43.6 Å². The van der Waals surface area contributed by atoms with Crippen LogP contribution >= 0.6 is 15.9 Å². The third-order valence-corrected chi connectivity index (χ3v) is 7.14. The minimum absolute atomic E-state index is 0.00296. The van der Waals surface area contributed by atoms with E-state index in [1.807, 2.05) is 31.2 Å². The van der Waals surface area contributed by atoms with Gasteiger partial charge in [0.2, 0.25) is 0 Å². The normalized spacial score (nSPS) is 18.9. The number of benzene rings is 2. The quantitative estimate of drug-likeness (QED) is 0.371. The maximum atomic E-state index is 6.46. The van der Waals surface area contributed by atoms with Crippen molar-refractivity contribution in [3.63, 3.8) is 0 Å². The van der Waals surface area contributed by atoms with Gasteiger partial charge in [-0.1, -0.05) is 15.9 Å². The molecule has 7 heteroatoms. The molecule has 0 N–H and O–H groups in total. The molecule has 34 heavy (non-hydrogen) atoms. The van der Waals surface area contributed by atoms with Gasteiger partial charge in [0.25, 0.3) is 0 Å². The summed E-state index contributed by atoms with van der Waals surface area (Å²) >= 11 is 3.54. The molecule has 6 nitrogen and oxygen atoms in total. The van der Waals surface area contributed by atoms with Crippen molar-refractivity contribution in [2.24, 2.45) is 0 Å². The number of halogens is 1. The van der Waals surface area contributed by atoms with Gasteiger partial charge in [-0.15, -0.1) is 0 Å². The van der Waals surface area contributed by atoms with Crippen LogP contribution in [0.2, 0.25) is 0 Å². The van der Waals surface area contributed by atoms with Gasteiger partial charge in [0.15, 0.2) is 11.5 Å². The Labute approximate surface area is 207 Å². The Bertz CT molecular complexity index is 1360. The van der Waals surface area contributed by atoms with Gasteiger partial charge in [-0.25, -0.2) is 4.98 Å². The van der Waals surface area contributed by atoms with Crippen LogP contribution in [-0.2, 0) is 0 Å². The van der Waals surface area contributed by atoms with Gasteiger partial charge in [-0.3, -0.25) is 9.88 Å². The molecule has 2 aliphatic heterocycles. The Kier molecular flexibility index (Phi) is 5.75. The zero-order chi connectivity index (χ0) is 23.1. The van der Waals surface area contributed by atoms with Crippen LogP contribution in [0.4, 0.5) is 5.82 Å². The van der Waals surface area contributed by atoms with Crippen molar-refractivity contribution in [2.75, 3.05) is 44.2 Å². The number of fused-ring (bicyclic) bond motifs is 4. The summed E-state index contributed by atoms with van der Waals surface area (Å²) in [6.07, 6.45) is 1.10. The molecule has 0 aliphatic carbocycles. The predicted molar refractivity (Wildman–Crippen MR) is 139 cm³/mol. The zero-order valence-electron chi connectivity index (χ0n) is 19.2. The molecule has 2 aliphatic rings. The van der Waals surface area contributed by atoms with Crippen LogP contribution in [0.5, 0.6) is 11.5 Å². The summed E-state index contributed by atoms with van der Waals surface area (Å²) in [5, 5.41) is 2.17. The standard InChI is InChI=1S/C27H27BrN4O2/c1-18-3-6-22-24(29-18)8-9-25-27(22)34-21(17-33-25)16-31-11-2-12-32(14-13-31)26-10-4-19-15-20(28)5-7-23(19)30-26/h3-10,15,21H,2,11-14,16-17H2,1H3. The van der Waals surface area contributed by atoms with E-state index in [-0.39, 0.29) is 6.10 Å². The molecule has 0 bridgehead atoms. The summed E-state index contributed by atoms with van der Waals surface area (Å²) in [5.74, 6) is 2.69. The highest BCUT2D eigenvalue weighted by Crippen LogP contribution is 2.38. The van der Waals surface area contributed by atoms with Gasteiger partial charge >= 0.3 is 0 Å². The fourth-order valence-electron chi connectivity index (χ4n) is 4.90. The summed E-state index contributed by atoms with van der Waals surface area (Å²) in [7, 11) is 0. The number of rotatable bonds is 3. The molecule has 0 amide bonds. The van der Waals surface area contributed by atoms with E-state index in [0.717, 1.165) is 88.4 Å². The molecule has 2 aromatic carbocycles. The second-order valence-electron chi connectivity index (χ2n) is 9.11. The molecule has 0 spiro atoms. The van der Waals surface area contributed by atoms with Crippen LogP contribution in [0.1, 0.15) is 12.1 Å². The molecular weight excluding hydrogens is 492 g/mol. The van der Waals surface area contributed by atoms with Crippen LogP contribution < -0.4 is 14.4 Å². The Morgan fingerprint density at radius 2 is 1.85 bits per heavy atom. The third-order valence-electron chi connectivity index (χ3n) is 6.65. The maximum Gasteiger partial charge on any atom is 0.171 e. The van der Waals surface area contributed by atoms with Crippen LogP contribution in [0.25, 0.3) is 21.8 Å². The van der Waals surface area contributed by atoms with Gasteiger partial charge in [0.05, 0.1) is 11.0 Å². The fourth-order valence-corrected chi connectivity index (χ4v) is 5.28. The lowest BCUT2D eigenvalue weighted by Gasteiger charge is -2.31. The van der Waals surface area contributed by atoms with Crippen LogP contribution in [0.15, 0.2) is 59.1 Å². The smallest absolute Gasteiger partial charge is 0.171 e. The highest BCUT2D eigenvalue weighted by molar-refractivity contribution is 9.10. The second kappa shape index (κ2) is 9.04. The summed E-state index contributed by atoms with van der Waals surface area (Å²) in [4.78, 5) is 14.4. The largest absolute Gasteiger partial charge is 0.486 e. The molecule has 1 unspecified atom stereocenters. The summed E-state index contributed by atoms with van der Waals surface area (Å²) in [5.41, 5.74) is 2.98. The second-order valence-corrected chi connectivity index (χ2v) is 10.0. The Morgan fingerprint density at radius 1 is 0.941 bits per heavy atom. The van der Waals surface area contributed by atoms with Crippen LogP contribution in [0, 0.1) is 6.92 Å². The molecule has 174 valence electrons. The topological polar surface area (TPSA) is 50.7 Å². The number of aromatic nitrogens is 2. The first-order chi connectivity index (χ1) is 16.6. The van der Waals surface area contributed by atoms with Crippen molar-refractivity contribution in [1.82, 2.24) is 14.9 Å². The van der Waals surface area contributed by atoms with E-state index in [1.54, 1.807) is 0 Å². The lowest BCUT2D eigenvalue weighted by atomic mass is 10.1. The minimum Gasteiger partial charge on any atom is -0.486 e. The fraction of sp³-hybridized carbons (Fsp3) is 0.333. The van der Waals surface area contributed by atoms with E-state index in [1.165, 1.54) is 0 Å². The first-order valence-corrected chi connectivity index (χ1v) is 12.7. The third kappa shape index (κ3) is 4.30. The first-order valence-electron chi connectivity index (χ1n) is 11.9. The van der Waals surface area contributed by atoms with Gasteiger partial charge < -0.3 is 14.4 Å². The van der Waals surface area contributed by atoms with Gasteiger partial charge in [-0.2, -0.15) is 0 Å². The predicted octanol–water partition coefficient (Wildman–Crippen LogP) is 5.21. The summed E-state index contributed by atoms with van der Waals surface area (Å²) in [6.45, 7) is 7.40. The van der Waals surface area contributed by atoms with E-state index >= 15 is 0 Å². The zero-order valence-corrected chi connectivity index (χ0v) is 20.8. The summed E-state index contributed by atoms with van der Waals surface area (Å²) < 4.78 is 13.6. The molecule has 1 fully saturated rings. The van der Waals surface area contributed by atoms with E-state index in [0.29, 0.717) is 6.61 Å². The molecule has 4 heterocycles. The lowest BCUT2D eigenvalue weighted by molar-refractivity contribution is 0.0622. The number of ether oxygens (including phenoxy) is 2. The highest BCUT2D eigenvalue weighted by Gasteiger charge is 2.26. The monoisotopic (exact) mass is 518 g/mol. The van der Waals surface area contributed by atoms with Gasteiger partial charge in [0.1, 0.15) is 18.5 Å². The average Bonchev–Trinajstić information content (AvgIpc) is 3.09. The number of hydrogen-bond acceptors (Lipinski definition) is 6. The molecule has 1 saturated heterocycles. The van der Waals surface area contributed by atoms with Crippen LogP contribution in [-0.4, -0.2) is 60.3 Å². The van der Waals surface area contributed by atoms with E-state index in [9.17, 15) is 0 Å². The molecule has 4 aromatic rings. The van der Waals surface area contributed by atoms with Gasteiger partial charge in [0, 0.05) is 53.7 Å². The molecule has 1 atom stereocenters. The first kappa shape index (κ1) is 21.6. The minimum atomic E-state index is 0.00296. The lowest BCUT2D eigenvalue weighted by Crippen LogP contribution is -2.42. The maximum absolute atomic E-state index is 6.46. The average molecular weight is 519 g/mol. The highest BCUT2D eigenvalue weighted by atomic mass is 79.9. The Balaban J connectivity index is 1.13. The van der Waals surface area contributed by atoms with Crippen molar-refractivity contribution in [2.45, 2.75) is 19.4 Å². The molecule has 0 radical (unpaired) electrons. The SMILES string of the molecule is Cc1ccc2c3c(ccc2n1)OCC(CN1CCCN(c2ccc4cc(Br)ccc4n2)CC1)O3. The Hall–Kier alpha value is -2.90. The van der Waals surface area contributed by atoms with E-state index < -0.39 is 0 Å².